The molecule has 2 saturated heterocycles. The molecular weight excluding hydrogens is 304 g/mol. The van der Waals surface area contributed by atoms with Crippen LogP contribution in [0.4, 0.5) is 14.5 Å². The predicted octanol–water partition coefficient (Wildman–Crippen LogP) is 0.946. The lowest BCUT2D eigenvalue weighted by Crippen LogP contribution is -2.51. The van der Waals surface area contributed by atoms with Gasteiger partial charge in [0.05, 0.1) is 25.4 Å². The lowest BCUT2D eigenvalue weighted by atomic mass is 10.2. The molecule has 0 aliphatic carbocycles. The van der Waals surface area contributed by atoms with Crippen molar-refractivity contribution in [3.8, 4) is 0 Å². The van der Waals surface area contributed by atoms with Gasteiger partial charge in [0.2, 0.25) is 5.91 Å². The Morgan fingerprint density at radius 3 is 2.39 bits per heavy atom. The highest BCUT2D eigenvalue weighted by Crippen LogP contribution is 2.21. The van der Waals surface area contributed by atoms with Crippen LogP contribution in [-0.2, 0) is 9.53 Å². The number of amides is 1. The summed E-state index contributed by atoms with van der Waals surface area (Å²) in [7, 11) is 0. The maximum absolute atomic E-state index is 13.8. The van der Waals surface area contributed by atoms with E-state index in [1.165, 1.54) is 12.1 Å². The zero-order chi connectivity index (χ0) is 16.2. The molecule has 0 aromatic heterocycles. The fourth-order valence-electron chi connectivity index (χ4n) is 2.99. The Bertz CT molecular complexity index is 556. The molecule has 2 aliphatic heterocycles. The Balaban J connectivity index is 1.51. The Morgan fingerprint density at radius 1 is 1.04 bits per heavy atom. The van der Waals surface area contributed by atoms with Gasteiger partial charge >= 0.3 is 0 Å². The number of ether oxygens (including phenoxy) is 1. The highest BCUT2D eigenvalue weighted by Gasteiger charge is 2.24. The average molecular weight is 325 g/mol. The molecule has 0 N–H and O–H groups in total. The van der Waals surface area contributed by atoms with Crippen LogP contribution >= 0.6 is 0 Å². The first kappa shape index (κ1) is 16.1. The van der Waals surface area contributed by atoms with E-state index in [4.69, 9.17) is 4.74 Å². The molecule has 0 radical (unpaired) electrons. The van der Waals surface area contributed by atoms with Gasteiger partial charge in [-0.15, -0.1) is 0 Å². The third-order valence-electron chi connectivity index (χ3n) is 4.35. The second-order valence-corrected chi connectivity index (χ2v) is 5.85. The topological polar surface area (TPSA) is 36.0 Å². The smallest absolute Gasteiger partial charge is 0.236 e. The zero-order valence-corrected chi connectivity index (χ0v) is 13.0. The number of carbonyl (C=O) groups excluding carboxylic acids is 1. The van der Waals surface area contributed by atoms with Gasteiger partial charge in [0.15, 0.2) is 0 Å². The monoisotopic (exact) mass is 325 g/mol. The number of benzene rings is 1. The summed E-state index contributed by atoms with van der Waals surface area (Å²) in [6, 6.07) is 3.65. The maximum atomic E-state index is 13.8. The molecule has 1 amide bonds. The summed E-state index contributed by atoms with van der Waals surface area (Å²) >= 11 is 0. The number of nitrogens with zero attached hydrogens (tertiary/aromatic N) is 3. The summed E-state index contributed by atoms with van der Waals surface area (Å²) < 4.78 is 32.0. The van der Waals surface area contributed by atoms with Crippen LogP contribution in [0, 0.1) is 11.6 Å². The highest BCUT2D eigenvalue weighted by molar-refractivity contribution is 5.78. The number of halogens is 2. The number of anilines is 1. The van der Waals surface area contributed by atoms with Crippen LogP contribution in [0.2, 0.25) is 0 Å². The fourth-order valence-corrected chi connectivity index (χ4v) is 2.99. The zero-order valence-electron chi connectivity index (χ0n) is 13.0. The van der Waals surface area contributed by atoms with Gasteiger partial charge in [-0.2, -0.15) is 0 Å². The fraction of sp³-hybridized carbons (Fsp3) is 0.562. The minimum absolute atomic E-state index is 0.120. The standard InChI is InChI=1S/C16H21F2N3O2/c17-13-1-2-15(14(18)11-13)20-5-3-19(4-6-20)12-16(22)21-7-9-23-10-8-21/h1-2,11H,3-10,12H2. The molecule has 0 saturated carbocycles. The van der Waals surface area contributed by atoms with Crippen molar-refractivity contribution < 1.29 is 18.3 Å². The average Bonchev–Trinajstić information content (AvgIpc) is 2.57. The van der Waals surface area contributed by atoms with Crippen LogP contribution in [0.3, 0.4) is 0 Å². The van der Waals surface area contributed by atoms with E-state index in [0.29, 0.717) is 64.7 Å². The molecule has 23 heavy (non-hydrogen) atoms. The first-order valence-electron chi connectivity index (χ1n) is 7.91. The predicted molar refractivity (Wildman–Crippen MR) is 82.4 cm³/mol. The van der Waals surface area contributed by atoms with E-state index in [1.807, 2.05) is 9.80 Å². The summed E-state index contributed by atoms with van der Waals surface area (Å²) in [4.78, 5) is 18.0. The molecule has 2 fully saturated rings. The van der Waals surface area contributed by atoms with Gasteiger partial charge in [-0.05, 0) is 12.1 Å². The molecule has 7 heteroatoms. The molecule has 0 spiro atoms. The van der Waals surface area contributed by atoms with Crippen molar-refractivity contribution in [2.75, 3.05) is 63.9 Å². The van der Waals surface area contributed by atoms with Crippen molar-refractivity contribution in [3.63, 3.8) is 0 Å². The van der Waals surface area contributed by atoms with Crippen molar-refractivity contribution in [1.82, 2.24) is 9.80 Å². The molecule has 5 nitrogen and oxygen atoms in total. The minimum atomic E-state index is -0.569. The van der Waals surface area contributed by atoms with Crippen LogP contribution in [0.15, 0.2) is 18.2 Å². The van der Waals surface area contributed by atoms with Gasteiger partial charge in [0, 0.05) is 45.3 Å². The summed E-state index contributed by atoms with van der Waals surface area (Å²) in [5.41, 5.74) is 0.422. The van der Waals surface area contributed by atoms with E-state index in [2.05, 4.69) is 4.90 Å². The third kappa shape index (κ3) is 3.97. The van der Waals surface area contributed by atoms with Crippen LogP contribution in [0.5, 0.6) is 0 Å². The van der Waals surface area contributed by atoms with Gasteiger partial charge in [0.1, 0.15) is 11.6 Å². The van der Waals surface area contributed by atoms with E-state index in [0.717, 1.165) is 6.07 Å². The van der Waals surface area contributed by atoms with Crippen LogP contribution in [-0.4, -0.2) is 74.7 Å². The Hall–Kier alpha value is -1.73. The van der Waals surface area contributed by atoms with Crippen LogP contribution in [0.25, 0.3) is 0 Å². The van der Waals surface area contributed by atoms with Gasteiger partial charge in [-0.1, -0.05) is 0 Å². The number of carbonyl (C=O) groups is 1. The Morgan fingerprint density at radius 2 is 1.74 bits per heavy atom. The molecule has 0 atom stereocenters. The van der Waals surface area contributed by atoms with Gasteiger partial charge < -0.3 is 14.5 Å². The normalized spacial score (nSPS) is 19.9. The van der Waals surface area contributed by atoms with Crippen molar-refractivity contribution in [3.05, 3.63) is 29.8 Å². The lowest BCUT2D eigenvalue weighted by molar-refractivity contribution is -0.136. The van der Waals surface area contributed by atoms with Crippen LogP contribution in [0.1, 0.15) is 0 Å². The number of hydrogen-bond donors (Lipinski definition) is 0. The van der Waals surface area contributed by atoms with Crippen molar-refractivity contribution in [2.24, 2.45) is 0 Å². The summed E-state index contributed by atoms with van der Waals surface area (Å²) in [6.07, 6.45) is 0. The molecule has 0 bridgehead atoms. The largest absolute Gasteiger partial charge is 0.378 e. The van der Waals surface area contributed by atoms with E-state index >= 15 is 0 Å². The second kappa shape index (κ2) is 7.23. The molecule has 126 valence electrons. The van der Waals surface area contributed by atoms with Gasteiger partial charge in [0.25, 0.3) is 0 Å². The van der Waals surface area contributed by atoms with E-state index < -0.39 is 11.6 Å². The summed E-state index contributed by atoms with van der Waals surface area (Å²) in [5.74, 6) is -0.987. The Labute approximate surface area is 134 Å². The van der Waals surface area contributed by atoms with E-state index in [-0.39, 0.29) is 5.91 Å². The molecule has 2 heterocycles. The molecule has 0 unspecified atom stereocenters. The van der Waals surface area contributed by atoms with Gasteiger partial charge in [-0.3, -0.25) is 9.69 Å². The van der Waals surface area contributed by atoms with E-state index in [9.17, 15) is 13.6 Å². The molecule has 1 aromatic carbocycles. The van der Waals surface area contributed by atoms with Crippen molar-refractivity contribution >= 4 is 11.6 Å². The maximum Gasteiger partial charge on any atom is 0.236 e. The van der Waals surface area contributed by atoms with Crippen LogP contribution < -0.4 is 4.90 Å². The molecule has 3 rings (SSSR count). The number of morpholine rings is 1. The van der Waals surface area contributed by atoms with E-state index in [1.54, 1.807) is 0 Å². The minimum Gasteiger partial charge on any atom is -0.378 e. The third-order valence-corrected chi connectivity index (χ3v) is 4.35. The second-order valence-electron chi connectivity index (χ2n) is 5.85. The Kier molecular flexibility index (Phi) is 5.07. The number of rotatable bonds is 3. The number of piperazine rings is 1. The highest BCUT2D eigenvalue weighted by atomic mass is 19.1. The number of hydrogen-bond acceptors (Lipinski definition) is 4. The first-order chi connectivity index (χ1) is 11.1. The summed E-state index contributed by atoms with van der Waals surface area (Å²) in [6.45, 7) is 5.52. The molecular formula is C16H21F2N3O2. The van der Waals surface area contributed by atoms with Crippen molar-refractivity contribution in [1.29, 1.82) is 0 Å². The quantitative estimate of drug-likeness (QED) is 0.829. The molecule has 2 aliphatic rings. The lowest BCUT2D eigenvalue weighted by Gasteiger charge is -2.37. The summed E-state index contributed by atoms with van der Waals surface area (Å²) in [5, 5.41) is 0. The molecule has 1 aromatic rings. The SMILES string of the molecule is O=C(CN1CCN(c2ccc(F)cc2F)CC1)N1CCOCC1. The van der Waals surface area contributed by atoms with Gasteiger partial charge in [-0.25, -0.2) is 8.78 Å². The first-order valence-corrected chi connectivity index (χ1v) is 7.91. The van der Waals surface area contributed by atoms with Crippen molar-refractivity contribution in [2.45, 2.75) is 0 Å².